The number of hydrogen-bond donors (Lipinski definition) is 2. The Hall–Kier alpha value is -3.32. The second-order valence-electron chi connectivity index (χ2n) is 7.64. The predicted octanol–water partition coefficient (Wildman–Crippen LogP) is 7.04. The normalized spacial score (nSPS) is 11.5. The van der Waals surface area contributed by atoms with Crippen LogP contribution in [0.2, 0.25) is 10.0 Å². The fourth-order valence-electron chi connectivity index (χ4n) is 3.29. The molecule has 2 amide bonds. The van der Waals surface area contributed by atoms with Crippen molar-refractivity contribution in [3.63, 3.8) is 0 Å². The molecule has 2 N–H and O–H groups in total. The molecule has 0 fully saturated rings. The maximum absolute atomic E-state index is 13.1. The number of hydrogen-bond acceptors (Lipinski definition) is 4. The van der Waals surface area contributed by atoms with E-state index in [1.807, 2.05) is 66.7 Å². The van der Waals surface area contributed by atoms with Crippen molar-refractivity contribution in [1.82, 2.24) is 4.98 Å². The number of nitrogens with zero attached hydrogens (tertiary/aromatic N) is 1. The molecular formula is C27H21Cl2N3O2S. The summed E-state index contributed by atoms with van der Waals surface area (Å²) in [5.41, 5.74) is 2.43. The van der Waals surface area contributed by atoms with Gasteiger partial charge in [-0.05, 0) is 59.7 Å². The van der Waals surface area contributed by atoms with Crippen LogP contribution in [-0.4, -0.2) is 16.8 Å². The Labute approximate surface area is 217 Å². The molecule has 176 valence electrons. The fraction of sp³-hybridized carbons (Fsp3) is 0.0741. The molecule has 5 nitrogen and oxygen atoms in total. The molecule has 0 saturated carbocycles. The number of carbonyl (C=O) groups excluding carboxylic acids is 2. The molecule has 0 bridgehead atoms. The smallest absolute Gasteiger partial charge is 0.243 e. The third-order valence-corrected chi connectivity index (χ3v) is 6.73. The Morgan fingerprint density at radius 2 is 1.49 bits per heavy atom. The highest BCUT2D eigenvalue weighted by molar-refractivity contribution is 8.00. The van der Waals surface area contributed by atoms with E-state index in [0.29, 0.717) is 21.6 Å². The van der Waals surface area contributed by atoms with Gasteiger partial charge in [0.25, 0.3) is 0 Å². The monoisotopic (exact) mass is 521 g/mol. The van der Waals surface area contributed by atoms with Gasteiger partial charge in [0.1, 0.15) is 11.1 Å². The second kappa shape index (κ2) is 11.9. The molecule has 1 unspecified atom stereocenters. The summed E-state index contributed by atoms with van der Waals surface area (Å²) < 4.78 is 0. The van der Waals surface area contributed by atoms with Crippen molar-refractivity contribution in [3.8, 4) is 0 Å². The average molecular weight is 522 g/mol. The number of anilines is 2. The molecule has 0 radical (unpaired) electrons. The Morgan fingerprint density at radius 3 is 2.14 bits per heavy atom. The summed E-state index contributed by atoms with van der Waals surface area (Å²) in [4.78, 5) is 30.6. The van der Waals surface area contributed by atoms with Gasteiger partial charge in [0.15, 0.2) is 0 Å². The van der Waals surface area contributed by atoms with E-state index in [2.05, 4.69) is 15.6 Å². The van der Waals surface area contributed by atoms with E-state index in [0.717, 1.165) is 16.0 Å². The minimum absolute atomic E-state index is 0.121. The third kappa shape index (κ3) is 7.33. The van der Waals surface area contributed by atoms with Gasteiger partial charge in [-0.25, -0.2) is 4.98 Å². The van der Waals surface area contributed by atoms with E-state index in [4.69, 9.17) is 23.2 Å². The third-order valence-electron chi connectivity index (χ3n) is 4.99. The fourth-order valence-corrected chi connectivity index (χ4v) is 4.55. The molecular weight excluding hydrogens is 501 g/mol. The summed E-state index contributed by atoms with van der Waals surface area (Å²) >= 11 is 13.2. The van der Waals surface area contributed by atoms with Crippen LogP contribution < -0.4 is 10.6 Å². The molecule has 1 heterocycles. The van der Waals surface area contributed by atoms with Crippen molar-refractivity contribution in [1.29, 1.82) is 0 Å². The van der Waals surface area contributed by atoms with E-state index in [-0.39, 0.29) is 18.2 Å². The highest BCUT2D eigenvalue weighted by Crippen LogP contribution is 2.36. The molecule has 3 aromatic carbocycles. The van der Waals surface area contributed by atoms with Gasteiger partial charge in [-0.1, -0.05) is 65.7 Å². The number of nitrogens with one attached hydrogen (secondary N) is 2. The van der Waals surface area contributed by atoms with Crippen LogP contribution in [0.3, 0.4) is 0 Å². The van der Waals surface area contributed by atoms with Crippen molar-refractivity contribution in [2.75, 3.05) is 10.6 Å². The zero-order chi connectivity index (χ0) is 24.6. The lowest BCUT2D eigenvalue weighted by Gasteiger charge is -2.17. The highest BCUT2D eigenvalue weighted by atomic mass is 35.5. The first-order valence-corrected chi connectivity index (χ1v) is 12.4. The topological polar surface area (TPSA) is 71.1 Å². The zero-order valence-corrected chi connectivity index (χ0v) is 20.8. The van der Waals surface area contributed by atoms with E-state index in [1.54, 1.807) is 24.3 Å². The largest absolute Gasteiger partial charge is 0.326 e. The highest BCUT2D eigenvalue weighted by Gasteiger charge is 2.22. The Balaban J connectivity index is 1.43. The van der Waals surface area contributed by atoms with Crippen LogP contribution in [0.15, 0.2) is 102 Å². The van der Waals surface area contributed by atoms with Gasteiger partial charge in [-0.2, -0.15) is 0 Å². The second-order valence-corrected chi connectivity index (χ2v) is 9.69. The van der Waals surface area contributed by atoms with Crippen LogP contribution in [0.4, 0.5) is 11.5 Å². The SMILES string of the molecule is O=C(Cc1ccc(Cl)cc1)Nc1ccc(SC(C(=O)Nc2ccc(Cl)cn2)c2ccccc2)cc1. The molecule has 0 aliphatic rings. The molecule has 4 rings (SSSR count). The first-order chi connectivity index (χ1) is 17.0. The molecule has 35 heavy (non-hydrogen) atoms. The molecule has 8 heteroatoms. The van der Waals surface area contributed by atoms with Crippen molar-refractivity contribution >= 4 is 58.3 Å². The maximum atomic E-state index is 13.1. The molecule has 0 aliphatic carbocycles. The molecule has 4 aromatic rings. The van der Waals surface area contributed by atoms with Gasteiger partial charge in [0, 0.05) is 21.8 Å². The quantitative estimate of drug-likeness (QED) is 0.244. The standard InChI is InChI=1S/C27H21Cl2N3O2S/c28-20-8-6-18(7-9-20)16-25(33)31-22-11-13-23(14-12-22)35-26(19-4-2-1-3-5-19)27(34)32-24-15-10-21(29)17-30-24/h1-15,17,26H,16H2,(H,31,33)(H,30,32,34). The van der Waals surface area contributed by atoms with Crippen LogP contribution in [0.1, 0.15) is 16.4 Å². The number of carbonyl (C=O) groups is 2. The van der Waals surface area contributed by atoms with Gasteiger partial charge >= 0.3 is 0 Å². The molecule has 0 saturated heterocycles. The summed E-state index contributed by atoms with van der Waals surface area (Å²) in [5.74, 6) is 0.112. The lowest BCUT2D eigenvalue weighted by molar-refractivity contribution is -0.116. The van der Waals surface area contributed by atoms with Crippen LogP contribution in [0.5, 0.6) is 0 Å². The number of aromatic nitrogens is 1. The maximum Gasteiger partial charge on any atom is 0.243 e. The molecule has 0 spiro atoms. The predicted molar refractivity (Wildman–Crippen MR) is 143 cm³/mol. The number of amides is 2. The summed E-state index contributed by atoms with van der Waals surface area (Å²) in [6.07, 6.45) is 1.74. The van der Waals surface area contributed by atoms with Gasteiger partial charge < -0.3 is 10.6 Å². The van der Waals surface area contributed by atoms with Gasteiger partial charge in [0.2, 0.25) is 11.8 Å². The van der Waals surface area contributed by atoms with E-state index >= 15 is 0 Å². The van der Waals surface area contributed by atoms with Crippen LogP contribution >= 0.6 is 35.0 Å². The van der Waals surface area contributed by atoms with Crippen molar-refractivity contribution in [3.05, 3.63) is 118 Å². The number of rotatable bonds is 8. The molecule has 1 atom stereocenters. The Kier molecular flexibility index (Phi) is 8.42. The first kappa shape index (κ1) is 24.8. The lowest BCUT2D eigenvalue weighted by Crippen LogP contribution is -2.19. The minimum Gasteiger partial charge on any atom is -0.326 e. The Bertz CT molecular complexity index is 1280. The van der Waals surface area contributed by atoms with E-state index in [9.17, 15) is 9.59 Å². The number of halogens is 2. The summed E-state index contributed by atoms with van der Waals surface area (Å²) in [6, 6.07) is 27.5. The number of benzene rings is 3. The van der Waals surface area contributed by atoms with Crippen molar-refractivity contribution < 1.29 is 9.59 Å². The summed E-state index contributed by atoms with van der Waals surface area (Å²) in [7, 11) is 0. The van der Waals surface area contributed by atoms with Gasteiger partial charge in [0.05, 0.1) is 11.4 Å². The van der Waals surface area contributed by atoms with Crippen molar-refractivity contribution in [2.24, 2.45) is 0 Å². The first-order valence-electron chi connectivity index (χ1n) is 10.7. The van der Waals surface area contributed by atoms with Crippen LogP contribution in [0, 0.1) is 0 Å². The van der Waals surface area contributed by atoms with Gasteiger partial charge in [-0.15, -0.1) is 11.8 Å². The Morgan fingerprint density at radius 1 is 0.800 bits per heavy atom. The van der Waals surface area contributed by atoms with Crippen LogP contribution in [0.25, 0.3) is 0 Å². The molecule has 1 aromatic heterocycles. The number of thioether (sulfide) groups is 1. The average Bonchev–Trinajstić information content (AvgIpc) is 2.87. The molecule has 0 aliphatic heterocycles. The number of pyridine rings is 1. The summed E-state index contributed by atoms with van der Waals surface area (Å²) in [5, 5.41) is 6.39. The van der Waals surface area contributed by atoms with E-state index < -0.39 is 5.25 Å². The lowest BCUT2D eigenvalue weighted by atomic mass is 10.1. The summed E-state index contributed by atoms with van der Waals surface area (Å²) in [6.45, 7) is 0. The van der Waals surface area contributed by atoms with E-state index in [1.165, 1.54) is 18.0 Å². The minimum atomic E-state index is -0.501. The zero-order valence-electron chi connectivity index (χ0n) is 18.4. The van der Waals surface area contributed by atoms with Crippen molar-refractivity contribution in [2.45, 2.75) is 16.6 Å². The van der Waals surface area contributed by atoms with Gasteiger partial charge in [-0.3, -0.25) is 9.59 Å². The van der Waals surface area contributed by atoms with Crippen LogP contribution in [-0.2, 0) is 16.0 Å².